The van der Waals surface area contributed by atoms with Crippen molar-refractivity contribution in [1.29, 1.82) is 0 Å². The molecule has 1 aromatic rings. The first-order valence-corrected chi connectivity index (χ1v) is 6.62. The molecule has 0 aliphatic carbocycles. The van der Waals surface area contributed by atoms with Crippen molar-refractivity contribution >= 4 is 23.3 Å². The summed E-state index contributed by atoms with van der Waals surface area (Å²) in [5.41, 5.74) is 0. The molecule has 0 saturated carbocycles. The quantitative estimate of drug-likeness (QED) is 0.854. The third-order valence-electron chi connectivity index (χ3n) is 2.29. The Bertz CT molecular complexity index is 260. The Morgan fingerprint density at radius 3 is 3.21 bits per heavy atom. The predicted molar refractivity (Wildman–Crippen MR) is 61.0 cm³/mol. The van der Waals surface area contributed by atoms with Gasteiger partial charge in [-0.1, -0.05) is 0 Å². The van der Waals surface area contributed by atoms with Crippen LogP contribution in [0, 0.1) is 0 Å². The summed E-state index contributed by atoms with van der Waals surface area (Å²) >= 11 is 3.51. The first-order valence-electron chi connectivity index (χ1n) is 4.69. The monoisotopic (exact) mass is 230 g/mol. The number of ether oxygens (including phenoxy) is 1. The fraction of sp³-hybridized carbons (Fsp3) is 0.667. The van der Waals surface area contributed by atoms with Gasteiger partial charge < -0.3 is 10.1 Å². The van der Waals surface area contributed by atoms with Gasteiger partial charge in [-0.3, -0.25) is 0 Å². The summed E-state index contributed by atoms with van der Waals surface area (Å²) in [6.45, 7) is 0.867. The second kappa shape index (κ2) is 5.11. The van der Waals surface area contributed by atoms with Crippen molar-refractivity contribution in [2.24, 2.45) is 0 Å². The number of likely N-dealkylation sites (N-methyl/N-ethyl adjacent to an activating group) is 1. The fourth-order valence-electron chi connectivity index (χ4n) is 1.60. The van der Waals surface area contributed by atoms with Crippen LogP contribution in [0.2, 0.25) is 0 Å². The van der Waals surface area contributed by atoms with Gasteiger partial charge in [0.1, 0.15) is 0 Å². The third kappa shape index (κ3) is 2.28. The molecule has 0 spiro atoms. The van der Waals surface area contributed by atoms with Gasteiger partial charge in [-0.25, -0.2) is 4.37 Å². The van der Waals surface area contributed by atoms with Gasteiger partial charge in [0, 0.05) is 22.6 Å². The van der Waals surface area contributed by atoms with Crippen molar-refractivity contribution < 1.29 is 4.74 Å². The largest absolute Gasteiger partial charge is 0.374 e. The zero-order valence-corrected chi connectivity index (χ0v) is 9.74. The smallest absolute Gasteiger partial charge is 0.0868 e. The molecule has 2 heterocycles. The van der Waals surface area contributed by atoms with Crippen LogP contribution >= 0.6 is 23.3 Å². The summed E-state index contributed by atoms with van der Waals surface area (Å²) in [5.74, 6) is 2.19. The molecule has 5 heteroatoms. The van der Waals surface area contributed by atoms with Gasteiger partial charge in [-0.2, -0.15) is 11.8 Å². The van der Waals surface area contributed by atoms with E-state index in [1.54, 1.807) is 11.5 Å². The number of hydrogen-bond donors (Lipinski definition) is 1. The molecule has 1 aromatic heterocycles. The van der Waals surface area contributed by atoms with Crippen LogP contribution in [0.3, 0.4) is 0 Å². The Kier molecular flexibility index (Phi) is 3.81. The number of thioether (sulfide) groups is 1. The minimum atomic E-state index is 0.291. The highest BCUT2D eigenvalue weighted by atomic mass is 32.2. The van der Waals surface area contributed by atoms with Crippen LogP contribution in [-0.4, -0.2) is 35.6 Å². The lowest BCUT2D eigenvalue weighted by Gasteiger charge is -2.28. The maximum Gasteiger partial charge on any atom is 0.0868 e. The van der Waals surface area contributed by atoms with Gasteiger partial charge >= 0.3 is 0 Å². The average Bonchev–Trinajstić information content (AvgIpc) is 2.74. The van der Waals surface area contributed by atoms with E-state index in [2.05, 4.69) is 15.8 Å². The molecule has 14 heavy (non-hydrogen) atoms. The predicted octanol–water partition coefficient (Wildman–Crippen LogP) is 1.54. The summed E-state index contributed by atoms with van der Waals surface area (Å²) in [6, 6.07) is 2.37. The average molecular weight is 230 g/mol. The van der Waals surface area contributed by atoms with Crippen molar-refractivity contribution in [3.05, 3.63) is 17.1 Å². The van der Waals surface area contributed by atoms with Gasteiger partial charge in [0.15, 0.2) is 0 Å². The first kappa shape index (κ1) is 10.4. The molecular formula is C9H14N2OS2. The Hall–Kier alpha value is -0.100. The molecule has 1 N–H and O–H groups in total. The first-order chi connectivity index (χ1) is 6.92. The number of nitrogens with one attached hydrogen (secondary N) is 1. The summed E-state index contributed by atoms with van der Waals surface area (Å²) in [7, 11) is 1.98. The molecule has 1 fully saturated rings. The lowest BCUT2D eigenvalue weighted by atomic mass is 10.1. The van der Waals surface area contributed by atoms with Crippen molar-refractivity contribution in [1.82, 2.24) is 9.69 Å². The van der Waals surface area contributed by atoms with Crippen molar-refractivity contribution in [2.45, 2.75) is 12.1 Å². The molecule has 0 radical (unpaired) electrons. The summed E-state index contributed by atoms with van der Waals surface area (Å²) in [4.78, 5) is 1.26. The number of hydrogen-bond acceptors (Lipinski definition) is 5. The number of aromatic nitrogens is 1. The van der Waals surface area contributed by atoms with E-state index in [0.717, 1.165) is 18.1 Å². The second-order valence-electron chi connectivity index (χ2n) is 3.17. The van der Waals surface area contributed by atoms with E-state index in [-0.39, 0.29) is 0 Å². The molecule has 78 valence electrons. The van der Waals surface area contributed by atoms with E-state index >= 15 is 0 Å². The van der Waals surface area contributed by atoms with Crippen molar-refractivity contribution in [3.8, 4) is 0 Å². The minimum Gasteiger partial charge on any atom is -0.374 e. The zero-order valence-electron chi connectivity index (χ0n) is 8.10. The molecule has 2 rings (SSSR count). The fourth-order valence-corrected chi connectivity index (χ4v) is 3.25. The van der Waals surface area contributed by atoms with Gasteiger partial charge in [-0.15, -0.1) is 0 Å². The Balaban J connectivity index is 2.04. The molecule has 1 saturated heterocycles. The summed E-state index contributed by atoms with van der Waals surface area (Å²) < 4.78 is 9.88. The van der Waals surface area contributed by atoms with E-state index in [0.29, 0.717) is 12.1 Å². The lowest BCUT2D eigenvalue weighted by Crippen LogP contribution is -2.36. The Morgan fingerprint density at radius 1 is 1.71 bits per heavy atom. The SMILES string of the molecule is CNC(c1ccns1)C1CSCCO1. The van der Waals surface area contributed by atoms with E-state index in [9.17, 15) is 0 Å². The molecule has 1 aliphatic rings. The highest BCUT2D eigenvalue weighted by molar-refractivity contribution is 7.99. The van der Waals surface area contributed by atoms with Crippen LogP contribution in [0.4, 0.5) is 0 Å². The maximum absolute atomic E-state index is 5.75. The van der Waals surface area contributed by atoms with Crippen LogP contribution in [0.5, 0.6) is 0 Å². The normalized spacial score (nSPS) is 24.8. The van der Waals surface area contributed by atoms with Gasteiger partial charge in [0.05, 0.1) is 18.8 Å². The highest BCUT2D eigenvalue weighted by Gasteiger charge is 2.25. The van der Waals surface area contributed by atoms with Gasteiger partial charge in [0.2, 0.25) is 0 Å². The van der Waals surface area contributed by atoms with Crippen LogP contribution in [0.1, 0.15) is 10.9 Å². The Labute approximate surface area is 92.4 Å². The molecular weight excluding hydrogens is 216 g/mol. The van der Waals surface area contributed by atoms with Gasteiger partial charge in [-0.05, 0) is 24.6 Å². The minimum absolute atomic E-state index is 0.291. The van der Waals surface area contributed by atoms with Crippen molar-refractivity contribution in [3.63, 3.8) is 0 Å². The third-order valence-corrected chi connectivity index (χ3v) is 4.14. The van der Waals surface area contributed by atoms with Crippen LogP contribution < -0.4 is 5.32 Å². The van der Waals surface area contributed by atoms with Gasteiger partial charge in [0.25, 0.3) is 0 Å². The maximum atomic E-state index is 5.75. The van der Waals surface area contributed by atoms with E-state index < -0.39 is 0 Å². The van der Waals surface area contributed by atoms with E-state index in [4.69, 9.17) is 4.74 Å². The molecule has 0 aromatic carbocycles. The summed E-state index contributed by atoms with van der Waals surface area (Å²) in [6.07, 6.45) is 2.14. The number of nitrogens with zero attached hydrogens (tertiary/aromatic N) is 1. The zero-order chi connectivity index (χ0) is 9.80. The van der Waals surface area contributed by atoms with Crippen LogP contribution in [0.25, 0.3) is 0 Å². The standard InChI is InChI=1S/C9H14N2OS2/c1-10-9(8-2-3-11-14-8)7-6-13-5-4-12-7/h2-3,7,9-10H,4-6H2,1H3. The summed E-state index contributed by atoms with van der Waals surface area (Å²) in [5, 5.41) is 3.31. The second-order valence-corrected chi connectivity index (χ2v) is 5.18. The number of rotatable bonds is 3. The molecule has 2 atom stereocenters. The molecule has 2 unspecified atom stereocenters. The van der Waals surface area contributed by atoms with Crippen LogP contribution in [-0.2, 0) is 4.74 Å². The van der Waals surface area contributed by atoms with E-state index in [1.165, 1.54) is 4.88 Å². The highest BCUT2D eigenvalue weighted by Crippen LogP contribution is 2.26. The van der Waals surface area contributed by atoms with E-state index in [1.807, 2.05) is 25.0 Å². The lowest BCUT2D eigenvalue weighted by molar-refractivity contribution is 0.0497. The molecule has 3 nitrogen and oxygen atoms in total. The molecule has 0 amide bonds. The molecule has 0 bridgehead atoms. The van der Waals surface area contributed by atoms with Crippen LogP contribution in [0.15, 0.2) is 12.3 Å². The Morgan fingerprint density at radius 2 is 2.64 bits per heavy atom. The van der Waals surface area contributed by atoms with Crippen molar-refractivity contribution in [2.75, 3.05) is 25.2 Å². The molecule has 1 aliphatic heterocycles. The topological polar surface area (TPSA) is 34.2 Å².